The van der Waals surface area contributed by atoms with E-state index in [1.54, 1.807) is 42.1 Å². The molecule has 65 heavy (non-hydrogen) atoms. The molecule has 3 aliphatic rings. The van der Waals surface area contributed by atoms with Crippen molar-refractivity contribution in [2.24, 2.45) is 0 Å². The molecular weight excluding hydrogens is 858 g/mol. The first-order chi connectivity index (χ1) is 31.6. The molecule has 3 saturated heterocycles. The largest absolute Gasteiger partial charge is 0.497 e. The van der Waals surface area contributed by atoms with E-state index in [1.807, 2.05) is 53.9 Å². The van der Waals surface area contributed by atoms with Crippen molar-refractivity contribution in [3.63, 3.8) is 0 Å². The molecule has 0 aromatic heterocycles. The van der Waals surface area contributed by atoms with Gasteiger partial charge in [0.05, 0.1) is 7.11 Å². The van der Waals surface area contributed by atoms with Gasteiger partial charge < -0.3 is 20.7 Å². The highest BCUT2D eigenvalue weighted by Gasteiger charge is 2.22. The van der Waals surface area contributed by atoms with Crippen molar-refractivity contribution < 1.29 is 9.13 Å². The van der Waals surface area contributed by atoms with E-state index in [2.05, 4.69) is 129 Å². The molecule has 3 heterocycles. The second kappa shape index (κ2) is 24.7. The third-order valence-corrected chi connectivity index (χ3v) is 16.2. The van der Waals surface area contributed by atoms with Crippen LogP contribution in [0.5, 0.6) is 5.75 Å². The minimum Gasteiger partial charge on any atom is -0.497 e. The molecule has 6 aromatic rings. The van der Waals surface area contributed by atoms with E-state index in [0.717, 1.165) is 67.7 Å². The molecule has 0 aliphatic carbocycles. The molecule has 342 valence electrons. The van der Waals surface area contributed by atoms with Gasteiger partial charge in [-0.25, -0.2) is 4.39 Å². The quantitative estimate of drug-likeness (QED) is 0.127. The van der Waals surface area contributed by atoms with Crippen molar-refractivity contribution >= 4 is 35.3 Å². The number of nitrogens with one attached hydrogen (secondary N) is 3. The van der Waals surface area contributed by atoms with Gasteiger partial charge in [-0.2, -0.15) is 0 Å². The standard InChI is InChI=1S/C20H25NS.C19H23NS.C18H20FNOS/c1-14-4-6-19(16(3)12-14)22-20-7-5-15(2)13-18(20)17-8-10-21-11-9-17;1-14-3-6-17(7-4-14)21-19-8-5-15(2)13-18(19)16-9-11-20-12-10-16;1-21-15-3-5-16(6-4-15)22-18-12-14(19)2-7-17(18)13-8-10-20-11-9-13/h4-7,12-13,17,21H,8-11H2,1-3H3;3-8,13,16,20H,9-12H2,1-2H3;2-7,12-13,20H,8-11H2,1H3. The summed E-state index contributed by atoms with van der Waals surface area (Å²) in [5.41, 5.74) is 11.1. The van der Waals surface area contributed by atoms with E-state index in [0.29, 0.717) is 17.8 Å². The maximum atomic E-state index is 13.7. The Morgan fingerprint density at radius 3 is 1.32 bits per heavy atom. The minimum absolute atomic E-state index is 0.173. The highest BCUT2D eigenvalue weighted by molar-refractivity contribution is 8.00. The minimum atomic E-state index is -0.173. The van der Waals surface area contributed by atoms with Crippen LogP contribution in [-0.2, 0) is 0 Å². The summed E-state index contributed by atoms with van der Waals surface area (Å²) in [4.78, 5) is 7.70. The topological polar surface area (TPSA) is 45.3 Å². The molecule has 3 aliphatic heterocycles. The van der Waals surface area contributed by atoms with E-state index in [4.69, 9.17) is 4.74 Å². The summed E-state index contributed by atoms with van der Waals surface area (Å²) in [6.07, 6.45) is 7.24. The number of hydrogen-bond acceptors (Lipinski definition) is 7. The Kier molecular flexibility index (Phi) is 18.6. The summed E-state index contributed by atoms with van der Waals surface area (Å²) in [7, 11) is 1.66. The fraction of sp³-hybridized carbons (Fsp3) is 0.368. The van der Waals surface area contributed by atoms with Crippen molar-refractivity contribution in [1.82, 2.24) is 16.0 Å². The zero-order valence-corrected chi connectivity index (χ0v) is 41.7. The Bertz CT molecular complexity index is 2420. The summed E-state index contributed by atoms with van der Waals surface area (Å²) in [5, 5.41) is 10.3. The van der Waals surface area contributed by atoms with Crippen LogP contribution in [0.1, 0.15) is 101 Å². The van der Waals surface area contributed by atoms with E-state index < -0.39 is 0 Å². The van der Waals surface area contributed by atoms with Crippen LogP contribution in [0.15, 0.2) is 151 Å². The number of ether oxygens (including phenoxy) is 1. The van der Waals surface area contributed by atoms with Crippen LogP contribution in [0.25, 0.3) is 0 Å². The van der Waals surface area contributed by atoms with Crippen molar-refractivity contribution in [3.8, 4) is 5.75 Å². The lowest BCUT2D eigenvalue weighted by atomic mass is 9.89. The van der Waals surface area contributed by atoms with E-state index in [1.165, 1.54) is 78.6 Å². The lowest BCUT2D eigenvalue weighted by molar-refractivity contribution is 0.414. The second-order valence-electron chi connectivity index (χ2n) is 17.9. The lowest BCUT2D eigenvalue weighted by Gasteiger charge is -2.25. The normalized spacial score (nSPS) is 15.9. The highest BCUT2D eigenvalue weighted by atomic mass is 32.2. The first kappa shape index (κ1) is 48.9. The number of halogens is 1. The first-order valence-electron chi connectivity index (χ1n) is 23.6. The zero-order valence-electron chi connectivity index (χ0n) is 39.3. The van der Waals surface area contributed by atoms with Gasteiger partial charge in [0.15, 0.2) is 0 Å². The summed E-state index contributed by atoms with van der Waals surface area (Å²) < 4.78 is 18.9. The number of aryl methyl sites for hydroxylation is 5. The molecule has 0 atom stereocenters. The average molecular weight is 926 g/mol. The smallest absolute Gasteiger partial charge is 0.124 e. The van der Waals surface area contributed by atoms with Crippen molar-refractivity contribution in [2.45, 2.75) is 120 Å². The number of benzene rings is 6. The van der Waals surface area contributed by atoms with Gasteiger partial charge in [0, 0.05) is 29.4 Å². The first-order valence-corrected chi connectivity index (χ1v) is 26.0. The van der Waals surface area contributed by atoms with Crippen LogP contribution in [-0.4, -0.2) is 46.4 Å². The molecule has 9 rings (SSSR count). The molecule has 0 amide bonds. The fourth-order valence-corrected chi connectivity index (χ4v) is 12.2. The van der Waals surface area contributed by atoms with Crippen molar-refractivity contribution in [1.29, 1.82) is 0 Å². The van der Waals surface area contributed by atoms with Gasteiger partial charge in [-0.15, -0.1) is 0 Å². The van der Waals surface area contributed by atoms with Gasteiger partial charge in [-0.3, -0.25) is 0 Å². The number of rotatable bonds is 10. The monoisotopic (exact) mass is 925 g/mol. The zero-order chi connectivity index (χ0) is 45.5. The van der Waals surface area contributed by atoms with Crippen LogP contribution in [0.3, 0.4) is 0 Å². The SMILES string of the molecule is COc1ccc(Sc2cc(F)ccc2C2CCNCC2)cc1.Cc1ccc(Sc2ccc(C)cc2C2CCNCC2)c(C)c1.Cc1ccc(Sc2ccc(C)cc2C2CCNCC2)cc1. The third kappa shape index (κ3) is 14.5. The highest BCUT2D eigenvalue weighted by Crippen LogP contribution is 2.41. The van der Waals surface area contributed by atoms with Crippen LogP contribution < -0.4 is 20.7 Å². The van der Waals surface area contributed by atoms with Gasteiger partial charge in [-0.1, -0.05) is 112 Å². The Hall–Kier alpha value is -4.02. The molecule has 0 bridgehead atoms. The van der Waals surface area contributed by atoms with Crippen molar-refractivity contribution in [3.05, 3.63) is 172 Å². The van der Waals surface area contributed by atoms with Gasteiger partial charge in [-0.05, 0) is 219 Å². The molecule has 0 radical (unpaired) electrons. The van der Waals surface area contributed by atoms with Crippen LogP contribution >= 0.6 is 35.3 Å². The summed E-state index contributed by atoms with van der Waals surface area (Å²) >= 11 is 5.46. The number of methoxy groups -OCH3 is 1. The summed E-state index contributed by atoms with van der Waals surface area (Å²) in [5.74, 6) is 2.59. The number of hydrogen-bond donors (Lipinski definition) is 3. The predicted octanol–water partition coefficient (Wildman–Crippen LogP) is 14.6. The van der Waals surface area contributed by atoms with Gasteiger partial charge in [0.2, 0.25) is 0 Å². The maximum Gasteiger partial charge on any atom is 0.124 e. The Labute approximate surface area is 402 Å². The molecule has 0 spiro atoms. The molecule has 3 N–H and O–H groups in total. The van der Waals surface area contributed by atoms with Gasteiger partial charge in [0.25, 0.3) is 0 Å². The fourth-order valence-electron chi connectivity index (χ4n) is 9.03. The molecular formula is C57H68FN3OS3. The van der Waals surface area contributed by atoms with Crippen LogP contribution in [0, 0.1) is 40.4 Å². The van der Waals surface area contributed by atoms with Gasteiger partial charge in [0.1, 0.15) is 11.6 Å². The van der Waals surface area contributed by atoms with Crippen LogP contribution in [0.2, 0.25) is 0 Å². The molecule has 3 fully saturated rings. The Morgan fingerprint density at radius 2 is 0.831 bits per heavy atom. The van der Waals surface area contributed by atoms with E-state index in [-0.39, 0.29) is 5.82 Å². The molecule has 6 aromatic carbocycles. The van der Waals surface area contributed by atoms with Crippen molar-refractivity contribution in [2.75, 3.05) is 46.4 Å². The molecule has 4 nitrogen and oxygen atoms in total. The predicted molar refractivity (Wildman–Crippen MR) is 276 cm³/mol. The van der Waals surface area contributed by atoms with Gasteiger partial charge >= 0.3 is 0 Å². The van der Waals surface area contributed by atoms with Crippen LogP contribution in [0.4, 0.5) is 4.39 Å². The summed E-state index contributed by atoms with van der Waals surface area (Å²) in [6, 6.07) is 42.6. The summed E-state index contributed by atoms with van der Waals surface area (Å²) in [6.45, 7) is 17.6. The third-order valence-electron chi connectivity index (χ3n) is 12.7. The van der Waals surface area contributed by atoms with E-state index in [9.17, 15) is 4.39 Å². The second-order valence-corrected chi connectivity index (χ2v) is 21.2. The Balaban J connectivity index is 0.000000145. The van der Waals surface area contributed by atoms with E-state index >= 15 is 0 Å². The maximum absolute atomic E-state index is 13.7. The molecule has 0 unspecified atom stereocenters. The molecule has 8 heteroatoms. The molecule has 0 saturated carbocycles. The average Bonchev–Trinajstić information content (AvgIpc) is 3.33. The lowest BCUT2D eigenvalue weighted by Crippen LogP contribution is -2.26. The number of piperidine rings is 3. The Morgan fingerprint density at radius 1 is 0.415 bits per heavy atom.